The third-order valence-electron chi connectivity index (χ3n) is 1.53. The Kier molecular flexibility index (Phi) is 8.84. The molecule has 0 saturated carbocycles. The number of allylic oxidation sites excluding steroid dienone is 1. The van der Waals surface area contributed by atoms with E-state index in [1.54, 1.807) is 19.2 Å². The minimum atomic E-state index is -0.127. The Morgan fingerprint density at radius 1 is 1.50 bits per heavy atom. The smallest absolute Gasteiger partial charge is 0.305 e. The molecule has 0 aromatic carbocycles. The Morgan fingerprint density at radius 3 is 2.93 bits per heavy atom. The van der Waals surface area contributed by atoms with Crippen molar-refractivity contribution in [2.24, 2.45) is 10.7 Å². The van der Waals surface area contributed by atoms with E-state index in [2.05, 4.69) is 4.99 Å². The summed E-state index contributed by atoms with van der Waals surface area (Å²) in [6, 6.07) is 0. The third-order valence-corrected chi connectivity index (χ3v) is 1.53. The third kappa shape index (κ3) is 8.77. The first-order chi connectivity index (χ1) is 6.81. The van der Waals surface area contributed by atoms with Gasteiger partial charge in [-0.15, -0.1) is 0 Å². The average Bonchev–Trinajstić information content (AvgIpc) is 2.17. The molecule has 0 atom stereocenters. The lowest BCUT2D eigenvalue weighted by Gasteiger charge is -1.99. The van der Waals surface area contributed by atoms with Crippen molar-refractivity contribution in [2.45, 2.75) is 26.2 Å². The highest BCUT2D eigenvalue weighted by atomic mass is 16.5. The van der Waals surface area contributed by atoms with Gasteiger partial charge in [0.15, 0.2) is 0 Å². The van der Waals surface area contributed by atoms with Gasteiger partial charge in [0.25, 0.3) is 0 Å². The summed E-state index contributed by atoms with van der Waals surface area (Å²) in [4.78, 5) is 14.9. The van der Waals surface area contributed by atoms with Crippen LogP contribution in [0.2, 0.25) is 0 Å². The van der Waals surface area contributed by atoms with Gasteiger partial charge in [-0.05, 0) is 32.0 Å². The van der Waals surface area contributed by atoms with E-state index in [0.29, 0.717) is 13.0 Å². The molecular formula is C10H18N2O2. The van der Waals surface area contributed by atoms with Crippen LogP contribution in [0.15, 0.2) is 17.3 Å². The van der Waals surface area contributed by atoms with Crippen molar-refractivity contribution in [3.8, 4) is 0 Å². The molecule has 0 radical (unpaired) electrons. The van der Waals surface area contributed by atoms with Crippen LogP contribution in [0.4, 0.5) is 0 Å². The monoisotopic (exact) mass is 198 g/mol. The Bertz CT molecular complexity index is 200. The van der Waals surface area contributed by atoms with Crippen LogP contribution in [0.5, 0.6) is 0 Å². The molecular weight excluding hydrogens is 180 g/mol. The van der Waals surface area contributed by atoms with Gasteiger partial charge in [-0.3, -0.25) is 9.79 Å². The fourth-order valence-electron chi connectivity index (χ4n) is 0.891. The molecule has 0 aromatic rings. The van der Waals surface area contributed by atoms with Crippen molar-refractivity contribution >= 4 is 12.2 Å². The molecule has 0 aliphatic carbocycles. The number of rotatable bonds is 7. The van der Waals surface area contributed by atoms with Crippen LogP contribution in [-0.2, 0) is 9.53 Å². The van der Waals surface area contributed by atoms with Crippen LogP contribution in [0.1, 0.15) is 26.2 Å². The first kappa shape index (κ1) is 12.7. The van der Waals surface area contributed by atoms with Gasteiger partial charge in [0.1, 0.15) is 0 Å². The largest absolute Gasteiger partial charge is 0.466 e. The van der Waals surface area contributed by atoms with Gasteiger partial charge in [0.05, 0.1) is 6.61 Å². The number of ether oxygens (including phenoxy) is 1. The van der Waals surface area contributed by atoms with Crippen LogP contribution in [0, 0.1) is 0 Å². The Hall–Kier alpha value is -1.32. The Morgan fingerprint density at radius 2 is 2.29 bits per heavy atom. The molecule has 4 heteroatoms. The summed E-state index contributed by atoms with van der Waals surface area (Å²) in [6.45, 7) is 2.99. The highest BCUT2D eigenvalue weighted by molar-refractivity contribution is 5.70. The maximum Gasteiger partial charge on any atom is 0.305 e. The van der Waals surface area contributed by atoms with E-state index in [1.165, 1.54) is 6.20 Å². The lowest BCUT2D eigenvalue weighted by Crippen LogP contribution is -2.03. The molecule has 0 aliphatic heterocycles. The number of aliphatic imine (C=N–C) groups is 1. The van der Waals surface area contributed by atoms with E-state index in [0.717, 1.165) is 19.4 Å². The molecule has 0 aliphatic rings. The molecule has 0 rings (SSSR count). The van der Waals surface area contributed by atoms with Crippen molar-refractivity contribution in [1.29, 1.82) is 0 Å². The molecule has 14 heavy (non-hydrogen) atoms. The maximum atomic E-state index is 10.9. The quantitative estimate of drug-likeness (QED) is 0.380. The summed E-state index contributed by atoms with van der Waals surface area (Å²) in [5, 5.41) is 0. The second-order valence-electron chi connectivity index (χ2n) is 2.70. The zero-order valence-corrected chi connectivity index (χ0v) is 8.61. The molecule has 0 amide bonds. The van der Waals surface area contributed by atoms with Crippen LogP contribution >= 0.6 is 0 Å². The number of unbranched alkanes of at least 4 members (excludes halogenated alkanes) is 1. The van der Waals surface area contributed by atoms with Crippen molar-refractivity contribution < 1.29 is 9.53 Å². The molecule has 0 unspecified atom stereocenters. The molecule has 0 fully saturated rings. The maximum absolute atomic E-state index is 10.9. The summed E-state index contributed by atoms with van der Waals surface area (Å²) in [6.07, 6.45) is 6.96. The zero-order valence-electron chi connectivity index (χ0n) is 8.61. The molecule has 0 aromatic heterocycles. The summed E-state index contributed by atoms with van der Waals surface area (Å²) < 4.78 is 4.78. The standard InChI is InChI=1S/C10H18N2O2/c1-2-14-10(13)6-3-4-8-12-9-5-7-11/h5,7,9H,2-4,6,8,11H2,1H3. The topological polar surface area (TPSA) is 64.7 Å². The number of hydrogen-bond acceptors (Lipinski definition) is 4. The SMILES string of the molecule is CCOC(=O)CCCCN=CC=CN. The van der Waals surface area contributed by atoms with E-state index in [-0.39, 0.29) is 5.97 Å². The van der Waals surface area contributed by atoms with Gasteiger partial charge in [-0.2, -0.15) is 0 Å². The van der Waals surface area contributed by atoms with Crippen molar-refractivity contribution in [2.75, 3.05) is 13.2 Å². The molecule has 4 nitrogen and oxygen atoms in total. The first-order valence-electron chi connectivity index (χ1n) is 4.83. The van der Waals surface area contributed by atoms with Gasteiger partial charge in [-0.25, -0.2) is 0 Å². The van der Waals surface area contributed by atoms with Crippen molar-refractivity contribution in [3.63, 3.8) is 0 Å². The highest BCUT2D eigenvalue weighted by Gasteiger charge is 1.99. The Labute approximate surface area is 84.8 Å². The van der Waals surface area contributed by atoms with Crippen LogP contribution < -0.4 is 5.73 Å². The number of esters is 1. The molecule has 0 heterocycles. The van der Waals surface area contributed by atoms with E-state index < -0.39 is 0 Å². The predicted octanol–water partition coefficient (Wildman–Crippen LogP) is 1.26. The summed E-state index contributed by atoms with van der Waals surface area (Å²) >= 11 is 0. The van der Waals surface area contributed by atoms with Gasteiger partial charge in [0, 0.05) is 19.2 Å². The highest BCUT2D eigenvalue weighted by Crippen LogP contribution is 1.97. The lowest BCUT2D eigenvalue weighted by molar-refractivity contribution is -0.143. The predicted molar refractivity (Wildman–Crippen MR) is 57.2 cm³/mol. The fourth-order valence-corrected chi connectivity index (χ4v) is 0.891. The average molecular weight is 198 g/mol. The zero-order chi connectivity index (χ0) is 10.6. The number of nitrogens with zero attached hydrogens (tertiary/aromatic N) is 1. The summed E-state index contributed by atoms with van der Waals surface area (Å²) in [5.41, 5.74) is 5.11. The molecule has 0 spiro atoms. The van der Waals surface area contributed by atoms with Crippen LogP contribution in [-0.4, -0.2) is 25.3 Å². The Balaban J connectivity index is 3.25. The molecule has 0 bridgehead atoms. The first-order valence-corrected chi connectivity index (χ1v) is 4.83. The van der Waals surface area contributed by atoms with E-state index in [1.807, 2.05) is 0 Å². The number of carbonyl (C=O) groups excluding carboxylic acids is 1. The van der Waals surface area contributed by atoms with E-state index in [4.69, 9.17) is 10.5 Å². The van der Waals surface area contributed by atoms with E-state index in [9.17, 15) is 4.79 Å². The second kappa shape index (κ2) is 9.77. The van der Waals surface area contributed by atoms with Gasteiger partial charge >= 0.3 is 5.97 Å². The minimum Gasteiger partial charge on any atom is -0.466 e. The lowest BCUT2D eigenvalue weighted by atomic mass is 10.2. The van der Waals surface area contributed by atoms with Crippen molar-refractivity contribution in [1.82, 2.24) is 0 Å². The van der Waals surface area contributed by atoms with Crippen LogP contribution in [0.3, 0.4) is 0 Å². The summed E-state index contributed by atoms with van der Waals surface area (Å²) in [5.74, 6) is -0.127. The van der Waals surface area contributed by atoms with E-state index >= 15 is 0 Å². The normalized spacial score (nSPS) is 11.2. The summed E-state index contributed by atoms with van der Waals surface area (Å²) in [7, 11) is 0. The number of carbonyl (C=O) groups is 1. The van der Waals surface area contributed by atoms with Gasteiger partial charge < -0.3 is 10.5 Å². The van der Waals surface area contributed by atoms with Crippen LogP contribution in [0.25, 0.3) is 0 Å². The molecule has 2 N–H and O–H groups in total. The van der Waals surface area contributed by atoms with Gasteiger partial charge in [-0.1, -0.05) is 0 Å². The van der Waals surface area contributed by atoms with Crippen molar-refractivity contribution in [3.05, 3.63) is 12.3 Å². The van der Waals surface area contributed by atoms with Gasteiger partial charge in [0.2, 0.25) is 0 Å². The fraction of sp³-hybridized carbons (Fsp3) is 0.600. The molecule has 0 saturated heterocycles. The molecule has 80 valence electrons. The second-order valence-corrected chi connectivity index (χ2v) is 2.70. The number of hydrogen-bond donors (Lipinski definition) is 1. The number of nitrogens with two attached hydrogens (primary N) is 1. The minimum absolute atomic E-state index is 0.127.